The monoisotopic (exact) mass is 309 g/mol. The highest BCUT2D eigenvalue weighted by Gasteiger charge is 2.16. The van der Waals surface area contributed by atoms with Crippen molar-refractivity contribution in [2.24, 2.45) is 0 Å². The Bertz CT molecular complexity index is 582. The number of carbonyl (C=O) groups is 2. The van der Waals surface area contributed by atoms with E-state index in [-0.39, 0.29) is 30.0 Å². The van der Waals surface area contributed by atoms with Gasteiger partial charge in [0.05, 0.1) is 25.5 Å². The molecule has 0 radical (unpaired) electrons. The lowest BCUT2D eigenvalue weighted by Gasteiger charge is -2.12. The molecule has 0 heterocycles. The fourth-order valence-electron chi connectivity index (χ4n) is 1.54. The number of nitrogen functional groups attached to an aromatic ring is 1. The zero-order valence-corrected chi connectivity index (χ0v) is 12.8. The minimum atomic E-state index is -0.648. The van der Waals surface area contributed by atoms with Crippen molar-refractivity contribution in [3.8, 4) is 11.5 Å². The quantitative estimate of drug-likeness (QED) is 0.353. The van der Waals surface area contributed by atoms with E-state index >= 15 is 0 Å². The average Bonchev–Trinajstić information content (AvgIpc) is 2.50. The fourth-order valence-corrected chi connectivity index (χ4v) is 1.54. The number of hydrogen-bond donors (Lipinski definition) is 1. The fraction of sp³-hybridized carbons (Fsp3) is 0.333. The third-order valence-electron chi connectivity index (χ3n) is 2.67. The van der Waals surface area contributed by atoms with Gasteiger partial charge >= 0.3 is 11.9 Å². The van der Waals surface area contributed by atoms with Crippen LogP contribution in [-0.2, 0) is 14.3 Å². The maximum absolute atomic E-state index is 12.0. The molecule has 7 nitrogen and oxygen atoms in total. The average molecular weight is 309 g/mol. The van der Waals surface area contributed by atoms with Crippen molar-refractivity contribution >= 4 is 17.6 Å². The zero-order chi connectivity index (χ0) is 16.7. The van der Waals surface area contributed by atoms with Gasteiger partial charge in [0.1, 0.15) is 13.2 Å². The van der Waals surface area contributed by atoms with Gasteiger partial charge < -0.3 is 24.7 Å². The number of ether oxygens (including phenoxy) is 4. The lowest BCUT2D eigenvalue weighted by Crippen LogP contribution is -2.15. The van der Waals surface area contributed by atoms with E-state index in [1.807, 2.05) is 0 Å². The van der Waals surface area contributed by atoms with Gasteiger partial charge in [0, 0.05) is 17.7 Å². The van der Waals surface area contributed by atoms with Crippen LogP contribution in [0.25, 0.3) is 0 Å². The number of rotatable bonds is 7. The Labute approximate surface area is 128 Å². The van der Waals surface area contributed by atoms with Crippen LogP contribution in [0.1, 0.15) is 17.3 Å². The molecule has 0 bridgehead atoms. The Kier molecular flexibility index (Phi) is 6.25. The number of hydrogen-bond acceptors (Lipinski definition) is 7. The van der Waals surface area contributed by atoms with Crippen molar-refractivity contribution in [3.05, 3.63) is 29.8 Å². The second kappa shape index (κ2) is 7.92. The molecule has 0 aliphatic heterocycles. The minimum Gasteiger partial charge on any atom is -0.493 e. The van der Waals surface area contributed by atoms with Crippen molar-refractivity contribution in [1.29, 1.82) is 0 Å². The number of carbonyl (C=O) groups excluding carboxylic acids is 2. The Morgan fingerprint density at radius 1 is 1.09 bits per heavy atom. The lowest BCUT2D eigenvalue weighted by molar-refractivity contribution is -0.140. The van der Waals surface area contributed by atoms with Crippen LogP contribution in [0.15, 0.2) is 24.3 Å². The topological polar surface area (TPSA) is 97.1 Å². The molecule has 0 saturated heterocycles. The highest BCUT2D eigenvalue weighted by Crippen LogP contribution is 2.32. The summed E-state index contributed by atoms with van der Waals surface area (Å²) in [4.78, 5) is 23.1. The molecule has 0 unspecified atom stereocenters. The molecule has 0 amide bonds. The molecular formula is C15H19NO6. The van der Waals surface area contributed by atoms with Crippen molar-refractivity contribution in [1.82, 2.24) is 0 Å². The van der Waals surface area contributed by atoms with Gasteiger partial charge in [0.25, 0.3) is 0 Å². The Balaban J connectivity index is 2.66. The first kappa shape index (κ1) is 17.4. The van der Waals surface area contributed by atoms with E-state index in [2.05, 4.69) is 6.58 Å². The zero-order valence-electron chi connectivity index (χ0n) is 12.8. The molecule has 1 aromatic rings. The molecule has 1 rings (SSSR count). The Morgan fingerprint density at radius 2 is 1.64 bits per heavy atom. The first-order valence-corrected chi connectivity index (χ1v) is 6.42. The molecule has 0 aromatic heterocycles. The maximum atomic E-state index is 12.0. The predicted octanol–water partition coefficient (Wildman–Crippen LogP) is 1.56. The minimum absolute atomic E-state index is 0.0649. The van der Waals surface area contributed by atoms with Crippen LogP contribution < -0.4 is 15.2 Å². The van der Waals surface area contributed by atoms with E-state index in [1.165, 1.54) is 33.3 Å². The van der Waals surface area contributed by atoms with Gasteiger partial charge in [-0.3, -0.25) is 0 Å². The summed E-state index contributed by atoms with van der Waals surface area (Å²) in [5.74, 6) is -0.421. The predicted molar refractivity (Wildman–Crippen MR) is 80.0 cm³/mol. The summed E-state index contributed by atoms with van der Waals surface area (Å²) in [7, 11) is 2.91. The highest BCUT2D eigenvalue weighted by molar-refractivity contribution is 5.96. The SMILES string of the molecule is C=C(C)C(=O)OCCOC(=O)c1cc(OC)c(OC)cc1N. The first-order chi connectivity index (χ1) is 10.4. The summed E-state index contributed by atoms with van der Waals surface area (Å²) in [5.41, 5.74) is 6.39. The third-order valence-corrected chi connectivity index (χ3v) is 2.67. The Morgan fingerprint density at radius 3 is 2.18 bits per heavy atom. The third kappa shape index (κ3) is 4.41. The standard InChI is InChI=1S/C15H19NO6/c1-9(2)14(17)21-5-6-22-15(18)10-7-12(19-3)13(20-4)8-11(10)16/h7-8H,1,5-6,16H2,2-4H3. The smallest absolute Gasteiger partial charge is 0.340 e. The lowest BCUT2D eigenvalue weighted by atomic mass is 10.1. The van der Waals surface area contributed by atoms with E-state index in [0.29, 0.717) is 11.5 Å². The largest absolute Gasteiger partial charge is 0.493 e. The van der Waals surface area contributed by atoms with Crippen LogP contribution >= 0.6 is 0 Å². The van der Waals surface area contributed by atoms with Crippen LogP contribution in [0, 0.1) is 0 Å². The number of methoxy groups -OCH3 is 2. The van der Waals surface area contributed by atoms with Crippen molar-refractivity contribution in [2.45, 2.75) is 6.92 Å². The van der Waals surface area contributed by atoms with E-state index < -0.39 is 11.9 Å². The van der Waals surface area contributed by atoms with Crippen LogP contribution in [0.5, 0.6) is 11.5 Å². The van der Waals surface area contributed by atoms with Crippen LogP contribution in [-0.4, -0.2) is 39.4 Å². The number of benzene rings is 1. The number of esters is 2. The first-order valence-electron chi connectivity index (χ1n) is 6.42. The molecule has 0 aliphatic carbocycles. The van der Waals surface area contributed by atoms with Crippen molar-refractivity contribution in [2.75, 3.05) is 33.2 Å². The molecular weight excluding hydrogens is 290 g/mol. The summed E-state index contributed by atoms with van der Waals surface area (Å²) < 4.78 is 20.0. The molecule has 0 aliphatic rings. The summed E-state index contributed by atoms with van der Waals surface area (Å²) in [6.45, 7) is 4.81. The summed E-state index contributed by atoms with van der Waals surface area (Å²) in [5, 5.41) is 0. The number of anilines is 1. The molecule has 0 spiro atoms. The van der Waals surface area contributed by atoms with E-state index in [4.69, 9.17) is 24.7 Å². The van der Waals surface area contributed by atoms with Gasteiger partial charge in [-0.05, 0) is 6.92 Å². The van der Waals surface area contributed by atoms with E-state index in [9.17, 15) is 9.59 Å². The molecule has 0 atom stereocenters. The van der Waals surface area contributed by atoms with Gasteiger partial charge in [0.2, 0.25) is 0 Å². The van der Waals surface area contributed by atoms with Crippen LogP contribution in [0.2, 0.25) is 0 Å². The molecule has 1 aromatic carbocycles. The normalized spacial score (nSPS) is 9.77. The molecule has 0 fully saturated rings. The molecule has 7 heteroatoms. The number of nitrogens with two attached hydrogens (primary N) is 1. The molecule has 22 heavy (non-hydrogen) atoms. The van der Waals surface area contributed by atoms with Gasteiger partial charge in [0.15, 0.2) is 11.5 Å². The van der Waals surface area contributed by atoms with Gasteiger partial charge in [-0.2, -0.15) is 0 Å². The van der Waals surface area contributed by atoms with Gasteiger partial charge in [-0.15, -0.1) is 0 Å². The van der Waals surface area contributed by atoms with Crippen LogP contribution in [0.4, 0.5) is 5.69 Å². The van der Waals surface area contributed by atoms with E-state index in [1.54, 1.807) is 0 Å². The van der Waals surface area contributed by atoms with Crippen LogP contribution in [0.3, 0.4) is 0 Å². The van der Waals surface area contributed by atoms with Crippen molar-refractivity contribution < 1.29 is 28.5 Å². The van der Waals surface area contributed by atoms with Gasteiger partial charge in [-0.1, -0.05) is 6.58 Å². The summed E-state index contributed by atoms with van der Waals surface area (Å²) >= 11 is 0. The van der Waals surface area contributed by atoms with Crippen molar-refractivity contribution in [3.63, 3.8) is 0 Å². The molecule has 0 saturated carbocycles. The second-order valence-electron chi connectivity index (χ2n) is 4.35. The molecule has 2 N–H and O–H groups in total. The van der Waals surface area contributed by atoms with Gasteiger partial charge in [-0.25, -0.2) is 9.59 Å². The summed E-state index contributed by atoms with van der Waals surface area (Å²) in [6.07, 6.45) is 0. The summed E-state index contributed by atoms with van der Waals surface area (Å²) in [6, 6.07) is 2.90. The van der Waals surface area contributed by atoms with E-state index in [0.717, 1.165) is 0 Å². The maximum Gasteiger partial charge on any atom is 0.340 e. The molecule has 120 valence electrons. The Hall–Kier alpha value is -2.70. The highest BCUT2D eigenvalue weighted by atomic mass is 16.6. The second-order valence-corrected chi connectivity index (χ2v) is 4.35.